The molecule has 1 fully saturated rings. The second-order valence-electron chi connectivity index (χ2n) is 7.12. The molecule has 1 aliphatic rings. The second kappa shape index (κ2) is 8.57. The van der Waals surface area contributed by atoms with Gasteiger partial charge in [-0.3, -0.25) is 9.59 Å². The van der Waals surface area contributed by atoms with Gasteiger partial charge in [-0.2, -0.15) is 0 Å². The fourth-order valence-electron chi connectivity index (χ4n) is 3.42. The van der Waals surface area contributed by atoms with Gasteiger partial charge < -0.3 is 10.2 Å². The van der Waals surface area contributed by atoms with E-state index in [1.807, 2.05) is 29.6 Å². The van der Waals surface area contributed by atoms with E-state index >= 15 is 0 Å². The number of benzene rings is 2. The quantitative estimate of drug-likeness (QED) is 0.648. The highest BCUT2D eigenvalue weighted by Gasteiger charge is 2.21. The Morgan fingerprint density at radius 1 is 1.14 bits per heavy atom. The number of amides is 2. The van der Waals surface area contributed by atoms with Crippen molar-refractivity contribution >= 4 is 34.5 Å². The summed E-state index contributed by atoms with van der Waals surface area (Å²) in [7, 11) is 0. The summed E-state index contributed by atoms with van der Waals surface area (Å²) in [5, 5.41) is 5.77. The molecular formula is C23H23N3O2S. The molecule has 2 aromatic carbocycles. The molecule has 2 amide bonds. The number of anilines is 2. The Morgan fingerprint density at radius 2 is 1.90 bits per heavy atom. The summed E-state index contributed by atoms with van der Waals surface area (Å²) in [5.41, 5.74) is 4.73. The number of carbonyl (C=O) groups is 2. The van der Waals surface area contributed by atoms with Crippen LogP contribution in [-0.2, 0) is 22.4 Å². The molecule has 0 aliphatic carbocycles. The first-order chi connectivity index (χ1) is 14.1. The highest BCUT2D eigenvalue weighted by molar-refractivity contribution is 7.13. The largest absolute Gasteiger partial charge is 0.326 e. The molecule has 29 heavy (non-hydrogen) atoms. The summed E-state index contributed by atoms with van der Waals surface area (Å²) in [6.07, 6.45) is 2.75. The van der Waals surface area contributed by atoms with E-state index in [0.29, 0.717) is 6.42 Å². The normalized spacial score (nSPS) is 13.7. The van der Waals surface area contributed by atoms with Crippen LogP contribution in [0, 0.1) is 0 Å². The number of nitrogens with one attached hydrogen (secondary N) is 1. The van der Waals surface area contributed by atoms with Crippen molar-refractivity contribution in [2.75, 3.05) is 16.8 Å². The minimum Gasteiger partial charge on any atom is -0.326 e. The summed E-state index contributed by atoms with van der Waals surface area (Å²) in [6.45, 7) is 2.90. The predicted octanol–water partition coefficient (Wildman–Crippen LogP) is 4.68. The molecule has 0 unspecified atom stereocenters. The van der Waals surface area contributed by atoms with E-state index in [1.54, 1.807) is 16.2 Å². The highest BCUT2D eigenvalue weighted by atomic mass is 32.1. The Hall–Kier alpha value is -2.99. The van der Waals surface area contributed by atoms with Crippen molar-refractivity contribution in [3.8, 4) is 10.6 Å². The van der Waals surface area contributed by atoms with E-state index in [-0.39, 0.29) is 18.2 Å². The lowest BCUT2D eigenvalue weighted by molar-refractivity contribution is -0.117. The SMILES string of the molecule is CCc1ccc(-c2nc(CC(=O)Nc3ccc(N4CCCC4=O)cc3)cs2)cc1. The van der Waals surface area contributed by atoms with Gasteiger partial charge >= 0.3 is 0 Å². The van der Waals surface area contributed by atoms with Gasteiger partial charge in [0.15, 0.2) is 0 Å². The van der Waals surface area contributed by atoms with Gasteiger partial charge in [-0.1, -0.05) is 31.2 Å². The number of carbonyl (C=O) groups excluding carboxylic acids is 2. The maximum Gasteiger partial charge on any atom is 0.230 e. The number of aryl methyl sites for hydroxylation is 1. The molecule has 3 aromatic rings. The predicted molar refractivity (Wildman–Crippen MR) is 117 cm³/mol. The number of hydrogen-bond donors (Lipinski definition) is 1. The molecule has 1 aromatic heterocycles. The smallest absolute Gasteiger partial charge is 0.230 e. The Balaban J connectivity index is 1.36. The van der Waals surface area contributed by atoms with Gasteiger partial charge in [0.2, 0.25) is 11.8 Å². The number of nitrogens with zero attached hydrogens (tertiary/aromatic N) is 2. The lowest BCUT2D eigenvalue weighted by atomic mass is 10.1. The zero-order valence-electron chi connectivity index (χ0n) is 16.4. The van der Waals surface area contributed by atoms with Crippen LogP contribution in [0.15, 0.2) is 53.9 Å². The lowest BCUT2D eigenvalue weighted by Gasteiger charge is -2.16. The zero-order valence-corrected chi connectivity index (χ0v) is 17.2. The van der Waals surface area contributed by atoms with Crippen molar-refractivity contribution in [3.05, 3.63) is 65.2 Å². The molecule has 2 heterocycles. The van der Waals surface area contributed by atoms with Crippen LogP contribution in [-0.4, -0.2) is 23.3 Å². The molecule has 4 rings (SSSR count). The van der Waals surface area contributed by atoms with Crippen LogP contribution in [0.3, 0.4) is 0 Å². The van der Waals surface area contributed by atoms with E-state index in [0.717, 1.165) is 47.0 Å². The van der Waals surface area contributed by atoms with Crippen LogP contribution in [0.4, 0.5) is 11.4 Å². The molecule has 148 valence electrons. The molecule has 1 N–H and O–H groups in total. The maximum absolute atomic E-state index is 12.4. The van der Waals surface area contributed by atoms with Crippen molar-refractivity contribution in [3.63, 3.8) is 0 Å². The molecule has 5 nitrogen and oxygen atoms in total. The molecule has 0 atom stereocenters. The fraction of sp³-hybridized carbons (Fsp3) is 0.261. The molecule has 6 heteroatoms. The molecule has 0 bridgehead atoms. The van der Waals surface area contributed by atoms with Gasteiger partial charge in [-0.05, 0) is 42.7 Å². The maximum atomic E-state index is 12.4. The third-order valence-corrected chi connectivity index (χ3v) is 5.98. The molecule has 1 saturated heterocycles. The van der Waals surface area contributed by atoms with Gasteiger partial charge in [0.25, 0.3) is 0 Å². The Morgan fingerprint density at radius 3 is 2.55 bits per heavy atom. The van der Waals surface area contributed by atoms with Crippen LogP contribution in [0.2, 0.25) is 0 Å². The molecule has 0 spiro atoms. The second-order valence-corrected chi connectivity index (χ2v) is 7.97. The van der Waals surface area contributed by atoms with Crippen LogP contribution < -0.4 is 10.2 Å². The van der Waals surface area contributed by atoms with Gasteiger partial charge in [0.1, 0.15) is 5.01 Å². The Bertz CT molecular complexity index is 1010. The first-order valence-electron chi connectivity index (χ1n) is 9.86. The summed E-state index contributed by atoms with van der Waals surface area (Å²) in [6, 6.07) is 15.8. The highest BCUT2D eigenvalue weighted by Crippen LogP contribution is 2.25. The molecule has 1 aliphatic heterocycles. The van der Waals surface area contributed by atoms with Gasteiger partial charge in [0.05, 0.1) is 12.1 Å². The topological polar surface area (TPSA) is 62.3 Å². The van der Waals surface area contributed by atoms with Crippen molar-refractivity contribution in [2.24, 2.45) is 0 Å². The summed E-state index contributed by atoms with van der Waals surface area (Å²) >= 11 is 1.55. The number of rotatable bonds is 6. The minimum absolute atomic E-state index is 0.104. The van der Waals surface area contributed by atoms with Gasteiger partial charge in [-0.25, -0.2) is 4.98 Å². The van der Waals surface area contributed by atoms with Gasteiger partial charge in [0, 0.05) is 35.3 Å². The number of thiazole rings is 1. The Labute approximate surface area is 174 Å². The third-order valence-electron chi connectivity index (χ3n) is 5.04. The summed E-state index contributed by atoms with van der Waals surface area (Å²) in [5.74, 6) is 0.0543. The van der Waals surface area contributed by atoms with Crippen molar-refractivity contribution < 1.29 is 9.59 Å². The van der Waals surface area contributed by atoms with Crippen LogP contribution in [0.1, 0.15) is 31.0 Å². The fourth-order valence-corrected chi connectivity index (χ4v) is 4.25. The third kappa shape index (κ3) is 4.54. The minimum atomic E-state index is -0.104. The van der Waals surface area contributed by atoms with Gasteiger partial charge in [-0.15, -0.1) is 11.3 Å². The van der Waals surface area contributed by atoms with E-state index in [1.165, 1.54) is 5.56 Å². The Kier molecular flexibility index (Phi) is 5.71. The van der Waals surface area contributed by atoms with E-state index < -0.39 is 0 Å². The summed E-state index contributed by atoms with van der Waals surface area (Å²) in [4.78, 5) is 30.6. The average Bonchev–Trinajstić information content (AvgIpc) is 3.38. The van der Waals surface area contributed by atoms with Crippen LogP contribution in [0.5, 0.6) is 0 Å². The van der Waals surface area contributed by atoms with Crippen LogP contribution in [0.25, 0.3) is 10.6 Å². The zero-order chi connectivity index (χ0) is 20.2. The first kappa shape index (κ1) is 19.3. The average molecular weight is 406 g/mol. The monoisotopic (exact) mass is 405 g/mol. The molecular weight excluding hydrogens is 382 g/mol. The molecule has 0 radical (unpaired) electrons. The number of hydrogen-bond acceptors (Lipinski definition) is 4. The van der Waals surface area contributed by atoms with E-state index in [2.05, 4.69) is 41.5 Å². The van der Waals surface area contributed by atoms with Crippen molar-refractivity contribution in [1.82, 2.24) is 4.98 Å². The summed E-state index contributed by atoms with van der Waals surface area (Å²) < 4.78 is 0. The first-order valence-corrected chi connectivity index (χ1v) is 10.7. The lowest BCUT2D eigenvalue weighted by Crippen LogP contribution is -2.23. The van der Waals surface area contributed by atoms with Crippen molar-refractivity contribution in [1.29, 1.82) is 0 Å². The van der Waals surface area contributed by atoms with E-state index in [4.69, 9.17) is 0 Å². The van der Waals surface area contributed by atoms with Crippen LogP contribution >= 0.6 is 11.3 Å². The standard InChI is InChI=1S/C23H23N3O2S/c1-2-16-5-7-17(8-6-16)23-25-19(15-29-23)14-21(27)24-18-9-11-20(12-10-18)26-13-3-4-22(26)28/h5-12,15H,2-4,13-14H2,1H3,(H,24,27). The van der Waals surface area contributed by atoms with Crippen molar-refractivity contribution in [2.45, 2.75) is 32.6 Å². The molecule has 0 saturated carbocycles. The van der Waals surface area contributed by atoms with E-state index in [9.17, 15) is 9.59 Å². The number of aromatic nitrogens is 1.